The third kappa shape index (κ3) is 5.85. The second-order valence-corrected chi connectivity index (χ2v) is 7.71. The molecule has 0 saturated heterocycles. The van der Waals surface area contributed by atoms with Crippen LogP contribution >= 0.6 is 12.8 Å². The summed E-state index contributed by atoms with van der Waals surface area (Å²) in [5.74, 6) is -2.72. The molecule has 1 aliphatic heterocycles. The van der Waals surface area contributed by atoms with E-state index in [-0.39, 0.29) is 36.1 Å². The molecule has 8 N–H and O–H groups in total. The van der Waals surface area contributed by atoms with Gasteiger partial charge in [0, 0.05) is 30.8 Å². The molecule has 0 spiro atoms. The van der Waals surface area contributed by atoms with Crippen LogP contribution in [0.15, 0.2) is 29.1 Å². The molecule has 3 rings (SSSR count). The zero-order valence-electron chi connectivity index (χ0n) is 17.2. The second-order valence-electron chi connectivity index (χ2n) is 7.28. The highest BCUT2D eigenvalue weighted by molar-refractivity contribution is 7.81. The van der Waals surface area contributed by atoms with Crippen molar-refractivity contribution in [3.63, 3.8) is 0 Å². The van der Waals surface area contributed by atoms with Crippen LogP contribution in [0, 0.1) is 0 Å². The Hall–Kier alpha value is -3.94. The quantitative estimate of drug-likeness (QED) is 0.225. The number of carboxylic acid groups (broad SMARTS) is 2. The van der Waals surface area contributed by atoms with Gasteiger partial charge in [0.25, 0.3) is 11.5 Å². The minimum Gasteiger partial charge on any atom is -0.481 e. The number of carbonyl (C=O) groups excluding carboxylic acids is 1. The molecule has 1 unspecified atom stereocenters. The number of fused-ring (bicyclic) bond motifs is 1. The monoisotopic (exact) mass is 477 g/mol. The van der Waals surface area contributed by atoms with E-state index in [2.05, 4.69) is 38.7 Å². The van der Waals surface area contributed by atoms with Crippen molar-refractivity contribution in [2.75, 3.05) is 33.8 Å². The summed E-state index contributed by atoms with van der Waals surface area (Å²) in [5, 5.41) is 26.4. The fourth-order valence-electron chi connectivity index (χ4n) is 3.20. The average molecular weight is 478 g/mol. The lowest BCUT2D eigenvalue weighted by atomic mass is 10.1. The lowest BCUT2D eigenvalue weighted by Gasteiger charge is -2.34. The Morgan fingerprint density at radius 3 is 2.61 bits per heavy atom. The molecule has 0 fully saturated rings. The van der Waals surface area contributed by atoms with Gasteiger partial charge in [0.1, 0.15) is 6.04 Å². The summed E-state index contributed by atoms with van der Waals surface area (Å²) in [7, 11) is 0. The number of anilines is 4. The molecule has 176 valence electrons. The van der Waals surface area contributed by atoms with E-state index in [1.807, 2.05) is 0 Å². The van der Waals surface area contributed by atoms with E-state index in [1.54, 1.807) is 12.1 Å². The number of nitrogens with one attached hydrogen (secondary N) is 4. The molecule has 0 bridgehead atoms. The fraction of sp³-hybridized carbons (Fsp3) is 0.316. The van der Waals surface area contributed by atoms with Crippen LogP contribution in [-0.2, 0) is 9.59 Å². The number of thiol groups is 1. The number of nitrogens with zero attached hydrogens (tertiary/aromatic N) is 2. The highest BCUT2D eigenvalue weighted by Crippen LogP contribution is 2.27. The number of aromatic amines is 1. The number of hydrogen-bond acceptors (Lipinski definition) is 10. The van der Waals surface area contributed by atoms with Crippen LogP contribution < -0.4 is 31.5 Å². The lowest BCUT2D eigenvalue weighted by Crippen LogP contribution is -2.46. The summed E-state index contributed by atoms with van der Waals surface area (Å²) in [6.45, 7) is 0.856. The number of H-pyrrole nitrogens is 1. The molecule has 0 saturated carbocycles. The first kappa shape index (κ1) is 23.7. The van der Waals surface area contributed by atoms with Crippen LogP contribution in [0.3, 0.4) is 0 Å². The van der Waals surface area contributed by atoms with Gasteiger partial charge in [-0.15, -0.1) is 0 Å². The predicted octanol–water partition coefficient (Wildman–Crippen LogP) is -0.0427. The molecule has 33 heavy (non-hydrogen) atoms. The van der Waals surface area contributed by atoms with Gasteiger partial charge < -0.3 is 36.2 Å². The second kappa shape index (κ2) is 10.1. The van der Waals surface area contributed by atoms with E-state index in [1.165, 1.54) is 16.4 Å². The van der Waals surface area contributed by atoms with Crippen molar-refractivity contribution in [3.8, 4) is 0 Å². The Morgan fingerprint density at radius 2 is 1.97 bits per heavy atom. The highest BCUT2D eigenvalue weighted by Gasteiger charge is 2.28. The smallest absolute Gasteiger partial charge is 0.326 e. The topological polar surface area (TPSA) is 203 Å². The van der Waals surface area contributed by atoms with E-state index in [0.29, 0.717) is 24.6 Å². The van der Waals surface area contributed by atoms with Gasteiger partial charge in [-0.25, -0.2) is 4.79 Å². The van der Waals surface area contributed by atoms with Crippen LogP contribution in [-0.4, -0.2) is 63.2 Å². The lowest BCUT2D eigenvalue weighted by molar-refractivity contribution is -0.140. The zero-order chi connectivity index (χ0) is 24.1. The molecular formula is C19H23N7O6S. The Bertz CT molecular complexity index is 1110. The van der Waals surface area contributed by atoms with Crippen molar-refractivity contribution >= 4 is 53.8 Å². The van der Waals surface area contributed by atoms with Gasteiger partial charge in [-0.3, -0.25) is 19.4 Å². The third-order valence-electron chi connectivity index (χ3n) is 4.93. The number of amides is 1. The number of aliphatic carboxylic acids is 2. The molecule has 14 heteroatoms. The van der Waals surface area contributed by atoms with Gasteiger partial charge in [0.2, 0.25) is 5.95 Å². The maximum Gasteiger partial charge on any atom is 0.326 e. The predicted molar refractivity (Wildman–Crippen MR) is 124 cm³/mol. The van der Waals surface area contributed by atoms with Gasteiger partial charge in [-0.1, -0.05) is 12.8 Å². The summed E-state index contributed by atoms with van der Waals surface area (Å²) in [5.41, 5.74) is 6.31. The first-order chi connectivity index (χ1) is 15.7. The van der Waals surface area contributed by atoms with Crippen molar-refractivity contribution in [2.45, 2.75) is 24.9 Å². The highest BCUT2D eigenvalue weighted by atomic mass is 32.1. The standard InChI is InChI=1S/C19H23N7O6S/c20-19-24-15-14(17(30)25-19)26(33)11(8-22-15)7-21-10-3-1-9(2-4-10)16(29)23-12(18(31)32)5-6-13(27)28/h1-4,11-12,21,33H,5-8H2,(H,23,29)(H,27,28)(H,31,32)(H4,20,22,24,25,30)/t11?,12-/m0/s1. The Morgan fingerprint density at radius 1 is 1.27 bits per heavy atom. The average Bonchev–Trinajstić information content (AvgIpc) is 2.75. The minimum atomic E-state index is -1.31. The molecule has 2 heterocycles. The van der Waals surface area contributed by atoms with Crippen molar-refractivity contribution in [2.24, 2.45) is 0 Å². The Balaban J connectivity index is 1.58. The van der Waals surface area contributed by atoms with Crippen LogP contribution in [0.4, 0.5) is 23.1 Å². The SMILES string of the molecule is Nc1nc2c(c(=O)[nH]1)N(S)C(CNc1ccc(C(=O)N[C@@H](CCC(=O)O)C(=O)O)cc1)CN2. The van der Waals surface area contributed by atoms with Crippen molar-refractivity contribution in [1.29, 1.82) is 0 Å². The molecule has 13 nitrogen and oxygen atoms in total. The maximum atomic E-state index is 12.3. The molecule has 1 amide bonds. The van der Waals surface area contributed by atoms with E-state index < -0.39 is 29.4 Å². The maximum absolute atomic E-state index is 12.3. The number of hydrogen-bond donors (Lipinski definition) is 8. The molecule has 1 aromatic heterocycles. The molecular weight excluding hydrogens is 454 g/mol. The number of carboxylic acids is 2. The van der Waals surface area contributed by atoms with E-state index >= 15 is 0 Å². The van der Waals surface area contributed by atoms with Gasteiger partial charge in [-0.2, -0.15) is 4.98 Å². The van der Waals surface area contributed by atoms with E-state index in [4.69, 9.17) is 15.9 Å². The van der Waals surface area contributed by atoms with E-state index in [0.717, 1.165) is 0 Å². The summed E-state index contributed by atoms with van der Waals surface area (Å²) < 4.78 is 1.51. The van der Waals surface area contributed by atoms with Crippen molar-refractivity contribution in [1.82, 2.24) is 15.3 Å². The molecule has 2 aromatic rings. The van der Waals surface area contributed by atoms with Gasteiger partial charge >= 0.3 is 11.9 Å². The van der Waals surface area contributed by atoms with Crippen LogP contribution in [0.5, 0.6) is 0 Å². The van der Waals surface area contributed by atoms with Crippen molar-refractivity contribution in [3.05, 3.63) is 40.2 Å². The number of rotatable bonds is 9. The molecule has 0 aliphatic carbocycles. The van der Waals surface area contributed by atoms with Crippen LogP contribution in [0.1, 0.15) is 23.2 Å². The summed E-state index contributed by atoms with van der Waals surface area (Å²) in [6.07, 6.45) is -0.599. The Labute approximate surface area is 192 Å². The fourth-order valence-corrected chi connectivity index (χ4v) is 3.55. The number of nitrogen functional groups attached to an aromatic ring is 1. The number of aromatic nitrogens is 2. The molecule has 1 aromatic carbocycles. The minimum absolute atomic E-state index is 0.00486. The zero-order valence-corrected chi connectivity index (χ0v) is 18.1. The number of carbonyl (C=O) groups is 3. The number of benzene rings is 1. The largest absolute Gasteiger partial charge is 0.481 e. The van der Waals surface area contributed by atoms with Crippen LogP contribution in [0.25, 0.3) is 0 Å². The van der Waals surface area contributed by atoms with E-state index in [9.17, 15) is 19.2 Å². The van der Waals surface area contributed by atoms with Crippen LogP contribution in [0.2, 0.25) is 0 Å². The Kier molecular flexibility index (Phi) is 7.27. The molecule has 2 atom stereocenters. The summed E-state index contributed by atoms with van der Waals surface area (Å²) >= 11 is 4.42. The first-order valence-electron chi connectivity index (χ1n) is 9.87. The summed E-state index contributed by atoms with van der Waals surface area (Å²) in [6, 6.07) is 4.80. The van der Waals surface area contributed by atoms with Crippen molar-refractivity contribution < 1.29 is 24.6 Å². The molecule has 1 aliphatic rings. The number of nitrogens with two attached hydrogens (primary N) is 1. The summed E-state index contributed by atoms with van der Waals surface area (Å²) in [4.78, 5) is 52.9. The van der Waals surface area contributed by atoms with Gasteiger partial charge in [0.15, 0.2) is 11.5 Å². The van der Waals surface area contributed by atoms with Gasteiger partial charge in [-0.05, 0) is 30.7 Å². The first-order valence-corrected chi connectivity index (χ1v) is 10.3. The van der Waals surface area contributed by atoms with Gasteiger partial charge in [0.05, 0.1) is 6.04 Å². The molecule has 0 radical (unpaired) electrons. The normalized spacial score (nSPS) is 15.7. The third-order valence-corrected chi connectivity index (χ3v) is 5.46.